The molecule has 0 unspecified atom stereocenters. The number of hydrogen-bond acceptors (Lipinski definition) is 5. The molecule has 6 nitrogen and oxygen atoms in total. The van der Waals surface area contributed by atoms with Crippen molar-refractivity contribution >= 4 is 23.7 Å². The number of amides is 2. The number of para-hydroxylation sites is 1. The van der Waals surface area contributed by atoms with Gasteiger partial charge in [-0.1, -0.05) is 31.5 Å². The van der Waals surface area contributed by atoms with Crippen LogP contribution in [0, 0.1) is 5.41 Å². The molecule has 0 bridgehead atoms. The van der Waals surface area contributed by atoms with Gasteiger partial charge in [0.25, 0.3) is 0 Å². The molecular weight excluding hydrogens is 370 g/mol. The molecule has 1 heterocycles. The molecule has 1 aliphatic heterocycles. The van der Waals surface area contributed by atoms with E-state index in [0.717, 1.165) is 12.0 Å². The lowest BCUT2D eigenvalue weighted by Gasteiger charge is -2.42. The predicted octanol–water partition coefficient (Wildman–Crippen LogP) is 5.03. The maximum absolute atomic E-state index is 13.6. The van der Waals surface area contributed by atoms with E-state index >= 15 is 0 Å². The van der Waals surface area contributed by atoms with E-state index in [4.69, 9.17) is 9.47 Å². The van der Waals surface area contributed by atoms with Crippen molar-refractivity contribution in [1.82, 2.24) is 0 Å². The van der Waals surface area contributed by atoms with Crippen LogP contribution in [0.1, 0.15) is 72.3 Å². The van der Waals surface area contributed by atoms with Gasteiger partial charge in [0.05, 0.1) is 17.7 Å². The Morgan fingerprint density at radius 2 is 1.83 bits per heavy atom. The number of anilines is 1. The molecule has 1 aromatic rings. The topological polar surface area (TPSA) is 72.9 Å². The van der Waals surface area contributed by atoms with Gasteiger partial charge in [-0.3, -0.25) is 9.59 Å². The van der Waals surface area contributed by atoms with Crippen LogP contribution in [0.25, 0.3) is 0 Å². The Balaban J connectivity index is 2.36. The van der Waals surface area contributed by atoms with Crippen LogP contribution in [-0.2, 0) is 25.5 Å². The quantitative estimate of drug-likeness (QED) is 0.597. The van der Waals surface area contributed by atoms with E-state index in [0.29, 0.717) is 38.0 Å². The van der Waals surface area contributed by atoms with Crippen molar-refractivity contribution in [1.29, 1.82) is 0 Å². The fourth-order valence-electron chi connectivity index (χ4n) is 3.95. The van der Waals surface area contributed by atoms with E-state index in [2.05, 4.69) is 0 Å². The molecule has 0 aliphatic carbocycles. The average molecular weight is 404 g/mol. The van der Waals surface area contributed by atoms with E-state index in [1.54, 1.807) is 33.8 Å². The zero-order chi connectivity index (χ0) is 21.7. The number of imide groups is 1. The van der Waals surface area contributed by atoms with Gasteiger partial charge in [0.1, 0.15) is 5.60 Å². The number of esters is 1. The van der Waals surface area contributed by atoms with Crippen molar-refractivity contribution in [2.24, 2.45) is 5.41 Å². The van der Waals surface area contributed by atoms with Gasteiger partial charge in [-0.05, 0) is 65.0 Å². The van der Waals surface area contributed by atoms with Crippen molar-refractivity contribution in [2.75, 3.05) is 11.5 Å². The molecule has 0 aromatic heterocycles. The highest BCUT2D eigenvalue weighted by Crippen LogP contribution is 2.44. The second-order valence-electron chi connectivity index (χ2n) is 8.62. The molecule has 29 heavy (non-hydrogen) atoms. The zero-order valence-electron chi connectivity index (χ0n) is 18.2. The zero-order valence-corrected chi connectivity index (χ0v) is 18.2. The second-order valence-corrected chi connectivity index (χ2v) is 8.62. The summed E-state index contributed by atoms with van der Waals surface area (Å²) in [5.74, 6) is -0.497. The number of nitrogens with zero attached hydrogens (tertiary/aromatic N) is 1. The van der Waals surface area contributed by atoms with Gasteiger partial charge < -0.3 is 9.47 Å². The molecule has 0 fully saturated rings. The minimum atomic E-state index is -0.730. The highest BCUT2D eigenvalue weighted by molar-refractivity contribution is 6.16. The molecule has 0 radical (unpaired) electrons. The van der Waals surface area contributed by atoms with Gasteiger partial charge in [0.15, 0.2) is 0 Å². The molecule has 6 heteroatoms. The Hall–Kier alpha value is -2.37. The third kappa shape index (κ3) is 5.58. The first kappa shape index (κ1) is 22.9. The number of benzene rings is 1. The Kier molecular flexibility index (Phi) is 7.44. The van der Waals surface area contributed by atoms with Crippen molar-refractivity contribution < 1.29 is 23.9 Å². The normalized spacial score (nSPS) is 18.9. The van der Waals surface area contributed by atoms with Crippen molar-refractivity contribution in [3.05, 3.63) is 29.8 Å². The fraction of sp³-hybridized carbons (Fsp3) is 0.609. The number of ether oxygens (including phenoxy) is 2. The molecule has 0 saturated heterocycles. The van der Waals surface area contributed by atoms with Gasteiger partial charge in [0.2, 0.25) is 5.91 Å². The number of rotatable bonds is 7. The number of hydrogen-bond donors (Lipinski definition) is 0. The molecule has 1 atom stereocenters. The maximum Gasteiger partial charge on any atom is 0.421 e. The van der Waals surface area contributed by atoms with Crippen LogP contribution in [0.3, 0.4) is 0 Å². The van der Waals surface area contributed by atoms with Crippen LogP contribution in [0.2, 0.25) is 0 Å². The smallest absolute Gasteiger partial charge is 0.421 e. The molecule has 0 N–H and O–H groups in total. The lowest BCUT2D eigenvalue weighted by Crippen LogP contribution is -2.53. The summed E-state index contributed by atoms with van der Waals surface area (Å²) in [5.41, 5.74) is 0.0968. The molecule has 2 amide bonds. The first-order valence-corrected chi connectivity index (χ1v) is 10.4. The van der Waals surface area contributed by atoms with Crippen molar-refractivity contribution in [3.8, 4) is 0 Å². The summed E-state index contributed by atoms with van der Waals surface area (Å²) >= 11 is 0. The fourth-order valence-corrected chi connectivity index (χ4v) is 3.95. The lowest BCUT2D eigenvalue weighted by atomic mass is 9.70. The Morgan fingerprint density at radius 3 is 2.45 bits per heavy atom. The first-order valence-electron chi connectivity index (χ1n) is 10.4. The van der Waals surface area contributed by atoms with E-state index in [1.807, 2.05) is 25.1 Å². The van der Waals surface area contributed by atoms with Crippen LogP contribution in [-0.4, -0.2) is 30.2 Å². The number of fused-ring (bicyclic) bond motifs is 1. The molecule has 160 valence electrons. The highest BCUT2D eigenvalue weighted by atomic mass is 16.6. The van der Waals surface area contributed by atoms with E-state index in [9.17, 15) is 14.4 Å². The van der Waals surface area contributed by atoms with Crippen LogP contribution in [0.15, 0.2) is 24.3 Å². The third-order valence-corrected chi connectivity index (χ3v) is 5.06. The predicted molar refractivity (Wildman–Crippen MR) is 112 cm³/mol. The molecule has 2 rings (SSSR count). The molecule has 0 saturated carbocycles. The monoisotopic (exact) mass is 403 g/mol. The molecule has 1 aromatic carbocycles. The summed E-state index contributed by atoms with van der Waals surface area (Å²) in [5, 5.41) is 0. The largest absolute Gasteiger partial charge is 0.466 e. The SMILES string of the molecule is CCC[C@]1(CCCC(=O)OCC)Cc2ccccc2N(C(=O)OC(C)(C)C)C1=O. The minimum Gasteiger partial charge on any atom is -0.466 e. The molecular formula is C23H33NO5. The maximum atomic E-state index is 13.6. The second kappa shape index (κ2) is 9.42. The summed E-state index contributed by atoms with van der Waals surface area (Å²) in [6.07, 6.45) is 2.66. The summed E-state index contributed by atoms with van der Waals surface area (Å²) in [4.78, 5) is 39.6. The highest BCUT2D eigenvalue weighted by Gasteiger charge is 2.48. The first-order chi connectivity index (χ1) is 13.6. The van der Waals surface area contributed by atoms with E-state index in [-0.39, 0.29) is 18.3 Å². The van der Waals surface area contributed by atoms with Gasteiger partial charge in [0, 0.05) is 6.42 Å². The summed E-state index contributed by atoms with van der Waals surface area (Å²) in [6, 6.07) is 7.47. The van der Waals surface area contributed by atoms with Gasteiger partial charge in [-0.15, -0.1) is 0 Å². The number of carbonyl (C=O) groups is 3. The summed E-state index contributed by atoms with van der Waals surface area (Å²) in [7, 11) is 0. The Bertz CT molecular complexity index is 752. The van der Waals surface area contributed by atoms with Crippen LogP contribution in [0.5, 0.6) is 0 Å². The van der Waals surface area contributed by atoms with Gasteiger partial charge in [-0.25, -0.2) is 9.69 Å². The van der Waals surface area contributed by atoms with Crippen molar-refractivity contribution in [2.45, 2.75) is 78.7 Å². The summed E-state index contributed by atoms with van der Waals surface area (Å²) in [6.45, 7) is 9.49. The standard InChI is InChI=1S/C23H33NO5/c1-6-14-23(15-10-13-19(25)28-7-2)16-17-11-8-9-12-18(17)24(20(23)26)21(27)29-22(3,4)5/h8-9,11-12H,6-7,10,13-16H2,1-5H3/t23-/m0/s1. The third-order valence-electron chi connectivity index (χ3n) is 5.06. The molecule has 0 spiro atoms. The number of carbonyl (C=O) groups excluding carboxylic acids is 3. The van der Waals surface area contributed by atoms with E-state index < -0.39 is 17.1 Å². The van der Waals surface area contributed by atoms with E-state index in [1.165, 1.54) is 4.90 Å². The van der Waals surface area contributed by atoms with Crippen LogP contribution in [0.4, 0.5) is 10.5 Å². The van der Waals surface area contributed by atoms with Crippen LogP contribution < -0.4 is 4.90 Å². The minimum absolute atomic E-state index is 0.240. The van der Waals surface area contributed by atoms with Crippen LogP contribution >= 0.6 is 0 Å². The molecule has 1 aliphatic rings. The van der Waals surface area contributed by atoms with Gasteiger partial charge in [-0.2, -0.15) is 0 Å². The Morgan fingerprint density at radius 1 is 1.14 bits per heavy atom. The van der Waals surface area contributed by atoms with Crippen molar-refractivity contribution in [3.63, 3.8) is 0 Å². The Labute approximate surface area is 173 Å². The lowest BCUT2D eigenvalue weighted by molar-refractivity contribution is -0.143. The van der Waals surface area contributed by atoms with Gasteiger partial charge >= 0.3 is 12.1 Å². The summed E-state index contributed by atoms with van der Waals surface area (Å²) < 4.78 is 10.6. The average Bonchev–Trinajstić information content (AvgIpc) is 2.61.